The van der Waals surface area contributed by atoms with Crippen molar-refractivity contribution in [2.45, 2.75) is 57.9 Å². The lowest BCUT2D eigenvalue weighted by Gasteiger charge is -2.36. The highest BCUT2D eigenvalue weighted by atomic mass is 31.2. The Balaban J connectivity index is 1.63. The van der Waals surface area contributed by atoms with Gasteiger partial charge in [-0.25, -0.2) is 9.89 Å². The molecule has 0 saturated carbocycles. The summed E-state index contributed by atoms with van der Waals surface area (Å²) in [4.78, 5) is 43.9. The van der Waals surface area contributed by atoms with Crippen LogP contribution in [0.4, 0.5) is 0 Å². The third-order valence-corrected chi connectivity index (χ3v) is 9.84. The van der Waals surface area contributed by atoms with E-state index in [2.05, 4.69) is 19.5 Å². The normalized spacial score (nSPS) is 22.3. The Morgan fingerprint density at radius 2 is 2.03 bits per heavy atom. The van der Waals surface area contributed by atoms with Crippen LogP contribution in [0.5, 0.6) is 11.5 Å². The van der Waals surface area contributed by atoms with E-state index in [1.165, 1.54) is 4.90 Å². The van der Waals surface area contributed by atoms with Gasteiger partial charge in [-0.05, 0) is 55.4 Å². The Labute approximate surface area is 226 Å². The molecule has 0 aromatic heterocycles. The number of carbonyl (C=O) groups excluding carboxylic acids is 2. The minimum atomic E-state index is -2.64. The predicted molar refractivity (Wildman–Crippen MR) is 154 cm³/mol. The van der Waals surface area contributed by atoms with Gasteiger partial charge in [-0.1, -0.05) is 19.9 Å². The van der Waals surface area contributed by atoms with Gasteiger partial charge in [-0.3, -0.25) is 14.5 Å². The van der Waals surface area contributed by atoms with Gasteiger partial charge in [0.25, 0.3) is 5.91 Å². The summed E-state index contributed by atoms with van der Waals surface area (Å²) in [5.74, 6) is 0.368. The van der Waals surface area contributed by atoms with Crippen molar-refractivity contribution in [3.63, 3.8) is 0 Å². The summed E-state index contributed by atoms with van der Waals surface area (Å²) in [5.41, 5.74) is 7.58. The average Bonchev–Trinajstić information content (AvgIpc) is 2.88. The zero-order chi connectivity index (χ0) is 27.7. The van der Waals surface area contributed by atoms with Gasteiger partial charge in [-0.15, -0.1) is 9.24 Å². The van der Waals surface area contributed by atoms with Crippen molar-refractivity contribution >= 4 is 39.8 Å². The number of nitrogens with one attached hydrogen (secondary N) is 1. The minimum Gasteiger partial charge on any atom is -0.494 e. The molecule has 2 aromatic carbocycles. The first-order valence-corrected chi connectivity index (χ1v) is 15.9. The van der Waals surface area contributed by atoms with Crippen molar-refractivity contribution in [3.05, 3.63) is 53.1 Å². The Bertz CT molecular complexity index is 1260. The summed E-state index contributed by atoms with van der Waals surface area (Å²) < 4.78 is 11.6. The number of amides is 2. The van der Waals surface area contributed by atoms with Crippen molar-refractivity contribution in [2.75, 3.05) is 19.6 Å². The molecule has 0 saturated heterocycles. The maximum absolute atomic E-state index is 13.5. The lowest BCUT2D eigenvalue weighted by molar-refractivity contribution is -0.130. The molecule has 4 rings (SSSR count). The third kappa shape index (κ3) is 5.66. The zero-order valence-electron chi connectivity index (χ0n) is 22.4. The fourth-order valence-electron chi connectivity index (χ4n) is 4.90. The molecule has 2 aromatic rings. The molecule has 11 heteroatoms. The van der Waals surface area contributed by atoms with Crippen LogP contribution < -0.4 is 25.8 Å². The standard InChI is InChI=1S/C27H36N4O5P2/c1-5-27(6-2)14-23(32)31(26(28)30-27)15-18-12-17(8-10-21(18)35-7-3)24(33)29-25-20-13-19(37)9-11-22(20)36-16-38(25,4)34/h8-13,25,34H,5-7,14-16,37H2,1-4H3,(H2-,28,29,30,33)/p+1. The summed E-state index contributed by atoms with van der Waals surface area (Å²) in [7, 11) is -0.0123. The van der Waals surface area contributed by atoms with Crippen LogP contribution in [0.25, 0.3) is 0 Å². The Morgan fingerprint density at radius 1 is 1.29 bits per heavy atom. The van der Waals surface area contributed by atoms with Crippen LogP contribution in [-0.2, 0) is 11.3 Å². The second-order valence-corrected chi connectivity index (χ2v) is 13.8. The smallest absolute Gasteiger partial charge is 0.254 e. The SMILES string of the molecule is CCOc1ccc(C(=O)NC2c3cc(P)ccc3OC[P+]2(C)O)cc1CN1C(=O)CC(CC)(CC)N=C1N. The number of fused-ring (bicyclic) bond motifs is 1. The van der Waals surface area contributed by atoms with Crippen molar-refractivity contribution < 1.29 is 24.0 Å². The molecule has 3 unspecified atom stereocenters. The number of benzene rings is 2. The molecule has 204 valence electrons. The first-order valence-electron chi connectivity index (χ1n) is 12.8. The first-order chi connectivity index (χ1) is 18.0. The van der Waals surface area contributed by atoms with Gasteiger partial charge >= 0.3 is 0 Å². The number of rotatable bonds is 8. The predicted octanol–water partition coefficient (Wildman–Crippen LogP) is 3.52. The Hall–Kier alpha value is -2.73. The molecule has 9 nitrogen and oxygen atoms in total. The number of nitrogens with zero attached hydrogens (tertiary/aromatic N) is 2. The topological polar surface area (TPSA) is 126 Å². The van der Waals surface area contributed by atoms with Gasteiger partial charge in [0.15, 0.2) is 11.7 Å². The van der Waals surface area contributed by atoms with E-state index in [-0.39, 0.29) is 37.1 Å². The number of aliphatic imine (C=N–C) groups is 1. The molecule has 0 spiro atoms. The van der Waals surface area contributed by atoms with Gasteiger partial charge in [-0.2, -0.15) is 0 Å². The fourth-order valence-corrected chi connectivity index (χ4v) is 6.92. The van der Waals surface area contributed by atoms with Crippen molar-refractivity contribution in [1.82, 2.24) is 10.2 Å². The van der Waals surface area contributed by atoms with Gasteiger partial charge in [0, 0.05) is 11.1 Å². The van der Waals surface area contributed by atoms with Crippen molar-refractivity contribution in [1.29, 1.82) is 0 Å². The van der Waals surface area contributed by atoms with E-state index in [0.717, 1.165) is 23.7 Å². The monoisotopic (exact) mass is 559 g/mol. The van der Waals surface area contributed by atoms with E-state index in [0.29, 0.717) is 29.2 Å². The Kier molecular flexibility index (Phi) is 8.32. The van der Waals surface area contributed by atoms with E-state index in [9.17, 15) is 14.5 Å². The molecule has 0 radical (unpaired) electrons. The largest absolute Gasteiger partial charge is 0.494 e. The average molecular weight is 560 g/mol. The van der Waals surface area contributed by atoms with Crippen LogP contribution in [0.3, 0.4) is 0 Å². The molecule has 2 aliphatic rings. The van der Waals surface area contributed by atoms with E-state index in [1.807, 2.05) is 39.0 Å². The molecule has 38 heavy (non-hydrogen) atoms. The highest BCUT2D eigenvalue weighted by Crippen LogP contribution is 2.65. The number of nitrogens with two attached hydrogens (primary N) is 1. The third-order valence-electron chi connectivity index (χ3n) is 7.31. The number of hydrogen-bond acceptors (Lipinski definition) is 7. The molecular formula is C27H37N4O5P2+. The van der Waals surface area contributed by atoms with Crippen LogP contribution in [0, 0.1) is 0 Å². The van der Waals surface area contributed by atoms with E-state index >= 15 is 0 Å². The lowest BCUT2D eigenvalue weighted by atomic mass is 9.88. The molecule has 4 N–H and O–H groups in total. The second-order valence-electron chi connectivity index (χ2n) is 9.97. The minimum absolute atomic E-state index is 0.105. The van der Waals surface area contributed by atoms with Crippen molar-refractivity contribution in [2.24, 2.45) is 10.7 Å². The summed E-state index contributed by atoms with van der Waals surface area (Å²) >= 11 is 0. The summed E-state index contributed by atoms with van der Waals surface area (Å²) in [6.07, 6.45) is 1.89. The molecule has 2 heterocycles. The molecule has 2 aliphatic heterocycles. The van der Waals surface area contributed by atoms with E-state index in [4.69, 9.17) is 15.2 Å². The quantitative estimate of drug-likeness (QED) is 0.425. The lowest BCUT2D eigenvalue weighted by Crippen LogP contribution is -2.50. The van der Waals surface area contributed by atoms with Gasteiger partial charge < -0.3 is 20.5 Å². The molecule has 0 bridgehead atoms. The first kappa shape index (κ1) is 28.3. The summed E-state index contributed by atoms with van der Waals surface area (Å²) in [6.45, 7) is 8.20. The van der Waals surface area contributed by atoms with Crippen LogP contribution in [-0.4, -0.2) is 52.7 Å². The molecule has 0 fully saturated rings. The van der Waals surface area contributed by atoms with E-state index < -0.39 is 18.8 Å². The number of carbonyl (C=O) groups is 2. The number of ether oxygens (including phenoxy) is 2. The number of hydrogen-bond donors (Lipinski definition) is 3. The van der Waals surface area contributed by atoms with Gasteiger partial charge in [0.1, 0.15) is 11.5 Å². The van der Waals surface area contributed by atoms with Crippen LogP contribution in [0.15, 0.2) is 41.4 Å². The zero-order valence-corrected chi connectivity index (χ0v) is 24.4. The molecular weight excluding hydrogens is 522 g/mol. The fraction of sp³-hybridized carbons (Fsp3) is 0.444. The summed E-state index contributed by atoms with van der Waals surface area (Å²) in [5, 5.41) is 3.96. The van der Waals surface area contributed by atoms with E-state index in [1.54, 1.807) is 24.9 Å². The van der Waals surface area contributed by atoms with Crippen LogP contribution >= 0.6 is 16.7 Å². The Morgan fingerprint density at radius 3 is 2.68 bits per heavy atom. The van der Waals surface area contributed by atoms with Crippen molar-refractivity contribution in [3.8, 4) is 11.5 Å². The van der Waals surface area contributed by atoms with Crippen LogP contribution in [0.1, 0.15) is 67.3 Å². The maximum Gasteiger partial charge on any atom is 0.254 e. The molecule has 3 atom stereocenters. The summed E-state index contributed by atoms with van der Waals surface area (Å²) in [6, 6.07) is 10.8. The highest BCUT2D eigenvalue weighted by molar-refractivity contribution is 7.69. The maximum atomic E-state index is 13.5. The molecule has 2 amide bonds. The second kappa shape index (κ2) is 11.2. The highest BCUT2D eigenvalue weighted by Gasteiger charge is 2.48. The van der Waals surface area contributed by atoms with Gasteiger partial charge in [0.2, 0.25) is 19.7 Å². The molecule has 0 aliphatic carbocycles. The van der Waals surface area contributed by atoms with Crippen LogP contribution in [0.2, 0.25) is 0 Å². The van der Waals surface area contributed by atoms with Gasteiger partial charge in [0.05, 0.1) is 37.3 Å². The number of guanidine groups is 1.